The van der Waals surface area contributed by atoms with Crippen LogP contribution in [0.4, 0.5) is 0 Å². The van der Waals surface area contributed by atoms with Crippen LogP contribution in [0.1, 0.15) is 0 Å². The zero-order chi connectivity index (χ0) is 6.24. The molecule has 0 aliphatic carbocycles. The SMILES string of the molecule is CO.[Mg+2].[c-]1ccccc1. The van der Waals surface area contributed by atoms with Gasteiger partial charge in [-0.15, -0.1) is 0 Å². The van der Waals surface area contributed by atoms with Crippen LogP contribution >= 0.6 is 0 Å². The molecule has 1 N–H and O–H groups in total. The summed E-state index contributed by atoms with van der Waals surface area (Å²) in [5.74, 6) is 0. The Bertz CT molecular complexity index is 80.8. The van der Waals surface area contributed by atoms with E-state index in [2.05, 4.69) is 6.07 Å². The third-order valence-corrected chi connectivity index (χ3v) is 0.607. The van der Waals surface area contributed by atoms with E-state index in [-0.39, 0.29) is 23.1 Å². The second kappa shape index (κ2) is 10.8. The van der Waals surface area contributed by atoms with Gasteiger partial charge in [0.2, 0.25) is 0 Å². The van der Waals surface area contributed by atoms with Gasteiger partial charge in [0, 0.05) is 7.11 Å². The van der Waals surface area contributed by atoms with Crippen molar-refractivity contribution in [2.24, 2.45) is 0 Å². The van der Waals surface area contributed by atoms with Gasteiger partial charge in [-0.25, -0.2) is 0 Å². The van der Waals surface area contributed by atoms with Gasteiger partial charge in [-0.2, -0.15) is 36.4 Å². The van der Waals surface area contributed by atoms with Crippen molar-refractivity contribution in [3.05, 3.63) is 36.4 Å². The Hall–Kier alpha value is -0.0538. The molecule has 0 aromatic heterocycles. The van der Waals surface area contributed by atoms with Crippen LogP contribution in [-0.2, 0) is 0 Å². The summed E-state index contributed by atoms with van der Waals surface area (Å²) >= 11 is 0. The van der Waals surface area contributed by atoms with Crippen molar-refractivity contribution in [1.29, 1.82) is 0 Å². The van der Waals surface area contributed by atoms with Crippen molar-refractivity contribution in [1.82, 2.24) is 0 Å². The molecule has 1 rings (SSSR count). The summed E-state index contributed by atoms with van der Waals surface area (Å²) in [7, 11) is 1.00. The van der Waals surface area contributed by atoms with Gasteiger partial charge < -0.3 is 5.11 Å². The van der Waals surface area contributed by atoms with Crippen LogP contribution < -0.4 is 0 Å². The van der Waals surface area contributed by atoms with Crippen LogP contribution in [0, 0.1) is 6.07 Å². The number of hydrogen-bond acceptors (Lipinski definition) is 1. The first-order valence-electron chi connectivity index (χ1n) is 2.36. The number of aliphatic hydroxyl groups is 1. The molecule has 0 unspecified atom stereocenters. The summed E-state index contributed by atoms with van der Waals surface area (Å²) in [5.41, 5.74) is 0. The van der Waals surface area contributed by atoms with E-state index >= 15 is 0 Å². The second-order valence-electron chi connectivity index (χ2n) is 1.08. The van der Waals surface area contributed by atoms with Crippen molar-refractivity contribution < 1.29 is 5.11 Å². The predicted molar refractivity (Wildman–Crippen MR) is 39.2 cm³/mol. The molecule has 0 radical (unpaired) electrons. The molecule has 44 valence electrons. The van der Waals surface area contributed by atoms with E-state index in [1.807, 2.05) is 30.3 Å². The summed E-state index contributed by atoms with van der Waals surface area (Å²) in [6.07, 6.45) is 0. The quantitative estimate of drug-likeness (QED) is 0.408. The topological polar surface area (TPSA) is 20.2 Å². The second-order valence-corrected chi connectivity index (χ2v) is 1.08. The van der Waals surface area contributed by atoms with Gasteiger partial charge in [-0.3, -0.25) is 0 Å². The number of benzene rings is 1. The Morgan fingerprint density at radius 2 is 1.44 bits per heavy atom. The summed E-state index contributed by atoms with van der Waals surface area (Å²) in [6, 6.07) is 12.5. The first kappa shape index (κ1) is 11.7. The zero-order valence-corrected chi connectivity index (χ0v) is 6.96. The minimum Gasteiger partial charge on any atom is -0.400 e. The monoisotopic (exact) mass is 133 g/mol. The Balaban J connectivity index is 0. The van der Waals surface area contributed by atoms with E-state index in [1.54, 1.807) is 0 Å². The van der Waals surface area contributed by atoms with Crippen LogP contribution in [0.15, 0.2) is 30.3 Å². The Morgan fingerprint density at radius 1 is 1.00 bits per heavy atom. The van der Waals surface area contributed by atoms with Crippen LogP contribution in [0.5, 0.6) is 0 Å². The third kappa shape index (κ3) is 7.95. The molecule has 1 aromatic carbocycles. The fourth-order valence-corrected chi connectivity index (χ4v) is 0.342. The van der Waals surface area contributed by atoms with Crippen molar-refractivity contribution in [3.63, 3.8) is 0 Å². The van der Waals surface area contributed by atoms with Crippen LogP contribution in [0.3, 0.4) is 0 Å². The van der Waals surface area contributed by atoms with Gasteiger partial charge in [-0.05, 0) is 0 Å². The number of hydrogen-bond donors (Lipinski definition) is 1. The molecule has 0 spiro atoms. The number of rotatable bonds is 0. The standard InChI is InChI=1S/C6H5.CH4O.Mg/c1-2-4-6-5-3-1;1-2;/h1-5H;2H,1H3;/q-1;;+2. The Labute approximate surface area is 71.9 Å². The van der Waals surface area contributed by atoms with E-state index in [1.165, 1.54) is 0 Å². The largest absolute Gasteiger partial charge is 2.00 e. The minimum absolute atomic E-state index is 0. The van der Waals surface area contributed by atoms with Crippen molar-refractivity contribution in [3.8, 4) is 0 Å². The molecule has 1 aromatic rings. The van der Waals surface area contributed by atoms with Gasteiger partial charge in [0.1, 0.15) is 0 Å². The molecule has 9 heavy (non-hydrogen) atoms. The molecular weight excluding hydrogens is 124 g/mol. The Morgan fingerprint density at radius 3 is 1.56 bits per heavy atom. The van der Waals surface area contributed by atoms with E-state index < -0.39 is 0 Å². The first-order valence-corrected chi connectivity index (χ1v) is 2.36. The van der Waals surface area contributed by atoms with Crippen molar-refractivity contribution >= 4 is 23.1 Å². The minimum atomic E-state index is 0. The molecule has 0 saturated carbocycles. The number of aliphatic hydroxyl groups excluding tert-OH is 1. The zero-order valence-electron chi connectivity index (χ0n) is 5.54. The maximum Gasteiger partial charge on any atom is 2.00 e. The molecule has 0 aliphatic heterocycles. The molecule has 0 bridgehead atoms. The van der Waals surface area contributed by atoms with Crippen molar-refractivity contribution in [2.75, 3.05) is 7.11 Å². The maximum absolute atomic E-state index is 7.00. The normalized spacial score (nSPS) is 6.00. The first-order chi connectivity index (χ1) is 4.00. The molecular formula is C7H9MgO+. The van der Waals surface area contributed by atoms with E-state index in [9.17, 15) is 0 Å². The summed E-state index contributed by atoms with van der Waals surface area (Å²) < 4.78 is 0. The molecule has 2 heteroatoms. The van der Waals surface area contributed by atoms with Crippen LogP contribution in [0.2, 0.25) is 0 Å². The molecule has 0 fully saturated rings. The van der Waals surface area contributed by atoms with Gasteiger partial charge in [-0.1, -0.05) is 0 Å². The molecule has 0 amide bonds. The van der Waals surface area contributed by atoms with Gasteiger partial charge in [0.05, 0.1) is 0 Å². The summed E-state index contributed by atoms with van der Waals surface area (Å²) in [4.78, 5) is 0. The van der Waals surface area contributed by atoms with E-state index in [0.717, 1.165) is 7.11 Å². The maximum atomic E-state index is 7.00. The fourth-order valence-electron chi connectivity index (χ4n) is 0.342. The fraction of sp³-hybridized carbons (Fsp3) is 0.143. The Kier molecular flexibility index (Phi) is 14.1. The smallest absolute Gasteiger partial charge is 0.400 e. The molecule has 0 heterocycles. The average molecular weight is 133 g/mol. The summed E-state index contributed by atoms with van der Waals surface area (Å²) in [5, 5.41) is 7.00. The van der Waals surface area contributed by atoms with E-state index in [0.29, 0.717) is 0 Å². The summed E-state index contributed by atoms with van der Waals surface area (Å²) in [6.45, 7) is 0. The van der Waals surface area contributed by atoms with Crippen LogP contribution in [-0.4, -0.2) is 35.3 Å². The van der Waals surface area contributed by atoms with Gasteiger partial charge >= 0.3 is 23.1 Å². The van der Waals surface area contributed by atoms with E-state index in [4.69, 9.17) is 5.11 Å². The molecule has 1 nitrogen and oxygen atoms in total. The van der Waals surface area contributed by atoms with Gasteiger partial charge in [0.15, 0.2) is 0 Å². The average Bonchev–Trinajstić information content (AvgIpc) is 1.96. The van der Waals surface area contributed by atoms with Crippen LogP contribution in [0.25, 0.3) is 0 Å². The third-order valence-electron chi connectivity index (χ3n) is 0.607. The predicted octanol–water partition coefficient (Wildman–Crippen LogP) is 0.714. The molecule has 0 aliphatic rings. The molecule has 0 atom stereocenters. The van der Waals surface area contributed by atoms with Gasteiger partial charge in [0.25, 0.3) is 0 Å². The molecule has 0 saturated heterocycles. The van der Waals surface area contributed by atoms with Crippen molar-refractivity contribution in [2.45, 2.75) is 0 Å².